The van der Waals surface area contributed by atoms with E-state index >= 15 is 0 Å². The van der Waals surface area contributed by atoms with Crippen LogP contribution in [0.1, 0.15) is 12.8 Å². The van der Waals surface area contributed by atoms with Gasteiger partial charge in [-0.05, 0) is 12.8 Å². The van der Waals surface area contributed by atoms with E-state index in [1.54, 1.807) is 0 Å². The Balaban J connectivity index is 2.12. The summed E-state index contributed by atoms with van der Waals surface area (Å²) < 4.78 is 12.3. The molecule has 3 atom stereocenters. The van der Waals surface area contributed by atoms with Crippen LogP contribution in [0.5, 0.6) is 0 Å². The molecular formula is C6H7FO2. The SMILES string of the molecule is O=C(O)[C@@]12C[C@@H](F)[C@@H]1C2. The number of fused-ring (bicyclic) bond motifs is 1. The van der Waals surface area contributed by atoms with Crippen LogP contribution >= 0.6 is 0 Å². The van der Waals surface area contributed by atoms with E-state index in [4.69, 9.17) is 5.11 Å². The zero-order chi connectivity index (χ0) is 6.65. The van der Waals surface area contributed by atoms with E-state index in [0.29, 0.717) is 6.42 Å². The Bertz CT molecular complexity index is 180. The van der Waals surface area contributed by atoms with Gasteiger partial charge in [-0.15, -0.1) is 0 Å². The highest BCUT2D eigenvalue weighted by Gasteiger charge is 2.72. The number of carboxylic acid groups (broad SMARTS) is 1. The molecule has 0 aromatic heterocycles. The number of carboxylic acids is 1. The highest BCUT2D eigenvalue weighted by molar-refractivity contribution is 5.80. The predicted molar refractivity (Wildman–Crippen MR) is 27.7 cm³/mol. The molecule has 2 aliphatic rings. The van der Waals surface area contributed by atoms with E-state index in [1.807, 2.05) is 0 Å². The van der Waals surface area contributed by atoms with Gasteiger partial charge in [-0.1, -0.05) is 0 Å². The number of aliphatic carboxylic acids is 1. The molecule has 9 heavy (non-hydrogen) atoms. The normalized spacial score (nSPS) is 53.4. The first-order chi connectivity index (χ1) is 4.17. The number of hydrogen-bond donors (Lipinski definition) is 1. The molecule has 3 heteroatoms. The minimum Gasteiger partial charge on any atom is -0.481 e. The molecule has 0 aliphatic heterocycles. The molecule has 2 nitrogen and oxygen atoms in total. The van der Waals surface area contributed by atoms with Gasteiger partial charge in [0.25, 0.3) is 0 Å². The molecule has 0 radical (unpaired) electrons. The maximum atomic E-state index is 12.3. The highest BCUT2D eigenvalue weighted by Crippen LogP contribution is 2.68. The zero-order valence-corrected chi connectivity index (χ0v) is 4.80. The molecule has 2 fully saturated rings. The molecule has 0 bridgehead atoms. The van der Waals surface area contributed by atoms with Gasteiger partial charge in [0.05, 0.1) is 5.41 Å². The van der Waals surface area contributed by atoms with Crippen molar-refractivity contribution in [1.82, 2.24) is 0 Å². The second-order valence-electron chi connectivity index (χ2n) is 2.99. The summed E-state index contributed by atoms with van der Waals surface area (Å²) in [5.74, 6) is -0.934. The molecule has 0 heterocycles. The van der Waals surface area contributed by atoms with Gasteiger partial charge >= 0.3 is 5.97 Å². The summed E-state index contributed by atoms with van der Waals surface area (Å²) in [5.41, 5.74) is -0.598. The Labute approximate surface area is 51.7 Å². The Hall–Kier alpha value is -0.600. The van der Waals surface area contributed by atoms with E-state index < -0.39 is 17.6 Å². The average Bonchev–Trinajstić information content (AvgIpc) is 2.36. The van der Waals surface area contributed by atoms with E-state index in [1.165, 1.54) is 0 Å². The number of halogens is 1. The van der Waals surface area contributed by atoms with Crippen molar-refractivity contribution < 1.29 is 14.3 Å². The molecule has 0 aromatic rings. The minimum absolute atomic E-state index is 0.130. The van der Waals surface area contributed by atoms with Crippen LogP contribution in [-0.4, -0.2) is 17.2 Å². The third kappa shape index (κ3) is 0.394. The quantitative estimate of drug-likeness (QED) is 0.570. The molecule has 0 amide bonds. The zero-order valence-electron chi connectivity index (χ0n) is 4.80. The Morgan fingerprint density at radius 2 is 2.33 bits per heavy atom. The minimum atomic E-state index is -0.818. The first kappa shape index (κ1) is 5.21. The van der Waals surface area contributed by atoms with Crippen LogP contribution in [0.2, 0.25) is 0 Å². The van der Waals surface area contributed by atoms with Gasteiger partial charge in [-0.2, -0.15) is 0 Å². The molecule has 2 saturated carbocycles. The maximum absolute atomic E-state index is 12.3. The standard InChI is InChI=1S/C6H7FO2/c7-4-2-6(5(8)9)1-3(4)6/h3-4H,1-2H2,(H,8,9)/t3-,4+,6-/m0/s1. The fourth-order valence-electron chi connectivity index (χ4n) is 1.71. The van der Waals surface area contributed by atoms with Gasteiger partial charge in [0.2, 0.25) is 0 Å². The molecular weight excluding hydrogens is 123 g/mol. The lowest BCUT2D eigenvalue weighted by molar-refractivity contribution is -0.148. The molecule has 2 rings (SSSR count). The van der Waals surface area contributed by atoms with Crippen molar-refractivity contribution in [2.45, 2.75) is 19.0 Å². The first-order valence-corrected chi connectivity index (χ1v) is 3.04. The van der Waals surface area contributed by atoms with Crippen molar-refractivity contribution in [3.8, 4) is 0 Å². The van der Waals surface area contributed by atoms with Gasteiger partial charge in [0.15, 0.2) is 0 Å². The monoisotopic (exact) mass is 130 g/mol. The number of rotatable bonds is 1. The van der Waals surface area contributed by atoms with E-state index in [9.17, 15) is 9.18 Å². The van der Waals surface area contributed by atoms with Crippen LogP contribution in [0.15, 0.2) is 0 Å². The van der Waals surface area contributed by atoms with Crippen LogP contribution in [-0.2, 0) is 4.79 Å². The van der Waals surface area contributed by atoms with Crippen molar-refractivity contribution in [2.75, 3.05) is 0 Å². The summed E-state index contributed by atoms with van der Waals surface area (Å²) in [6.45, 7) is 0. The van der Waals surface area contributed by atoms with Crippen molar-refractivity contribution in [3.63, 3.8) is 0 Å². The van der Waals surface area contributed by atoms with Crippen molar-refractivity contribution in [1.29, 1.82) is 0 Å². The topological polar surface area (TPSA) is 37.3 Å². The fourth-order valence-corrected chi connectivity index (χ4v) is 1.71. The summed E-state index contributed by atoms with van der Waals surface area (Å²) in [6.07, 6.45) is 0.0114. The third-order valence-corrected chi connectivity index (χ3v) is 2.56. The van der Waals surface area contributed by atoms with Crippen LogP contribution in [0.4, 0.5) is 4.39 Å². The summed E-state index contributed by atoms with van der Waals surface area (Å²) in [7, 11) is 0. The Kier molecular flexibility index (Phi) is 0.652. The number of hydrogen-bond acceptors (Lipinski definition) is 1. The lowest BCUT2D eigenvalue weighted by Gasteiger charge is -2.24. The van der Waals surface area contributed by atoms with Crippen LogP contribution in [0, 0.1) is 11.3 Å². The Morgan fingerprint density at radius 1 is 1.67 bits per heavy atom. The highest BCUT2D eigenvalue weighted by atomic mass is 19.1. The molecule has 1 N–H and O–H groups in total. The van der Waals surface area contributed by atoms with E-state index in [2.05, 4.69) is 0 Å². The van der Waals surface area contributed by atoms with Gasteiger partial charge in [0, 0.05) is 5.92 Å². The van der Waals surface area contributed by atoms with Gasteiger partial charge in [-0.25, -0.2) is 4.39 Å². The lowest BCUT2D eigenvalue weighted by Crippen LogP contribution is -2.33. The van der Waals surface area contributed by atoms with E-state index in [-0.39, 0.29) is 12.3 Å². The van der Waals surface area contributed by atoms with E-state index in [0.717, 1.165) is 0 Å². The summed E-state index contributed by atoms with van der Waals surface area (Å²) >= 11 is 0. The summed E-state index contributed by atoms with van der Waals surface area (Å²) in [6, 6.07) is 0. The molecule has 50 valence electrons. The molecule has 0 aromatic carbocycles. The maximum Gasteiger partial charge on any atom is 0.310 e. The van der Waals surface area contributed by atoms with Gasteiger partial charge in [0.1, 0.15) is 6.17 Å². The average molecular weight is 130 g/mol. The molecule has 0 saturated heterocycles. The fraction of sp³-hybridized carbons (Fsp3) is 0.833. The predicted octanol–water partition coefficient (Wildman–Crippen LogP) is 0.819. The van der Waals surface area contributed by atoms with Crippen LogP contribution in [0.3, 0.4) is 0 Å². The van der Waals surface area contributed by atoms with Crippen molar-refractivity contribution in [3.05, 3.63) is 0 Å². The molecule has 0 spiro atoms. The second kappa shape index (κ2) is 1.13. The van der Waals surface area contributed by atoms with Crippen LogP contribution in [0.25, 0.3) is 0 Å². The smallest absolute Gasteiger partial charge is 0.310 e. The van der Waals surface area contributed by atoms with Crippen molar-refractivity contribution >= 4 is 5.97 Å². The first-order valence-electron chi connectivity index (χ1n) is 3.04. The molecule has 0 unspecified atom stereocenters. The number of carbonyl (C=O) groups is 1. The van der Waals surface area contributed by atoms with Gasteiger partial charge < -0.3 is 5.11 Å². The molecule has 2 aliphatic carbocycles. The van der Waals surface area contributed by atoms with Crippen molar-refractivity contribution in [2.24, 2.45) is 11.3 Å². The van der Waals surface area contributed by atoms with Crippen LogP contribution < -0.4 is 0 Å². The largest absolute Gasteiger partial charge is 0.481 e. The number of alkyl halides is 1. The summed E-state index contributed by atoms with van der Waals surface area (Å²) in [5, 5.41) is 8.49. The lowest BCUT2D eigenvalue weighted by atomic mass is 9.83. The Morgan fingerprint density at radius 3 is 2.44 bits per heavy atom. The third-order valence-electron chi connectivity index (χ3n) is 2.56. The summed E-state index contributed by atoms with van der Waals surface area (Å²) in [4.78, 5) is 10.3. The van der Waals surface area contributed by atoms with Gasteiger partial charge in [-0.3, -0.25) is 4.79 Å². The second-order valence-corrected chi connectivity index (χ2v) is 2.99.